The lowest BCUT2D eigenvalue weighted by molar-refractivity contribution is -0.121. The number of amides is 1. The van der Waals surface area contributed by atoms with Gasteiger partial charge in [0.15, 0.2) is 5.78 Å². The molecule has 1 heterocycles. The van der Waals surface area contributed by atoms with Gasteiger partial charge in [0.25, 0.3) is 0 Å². The Morgan fingerprint density at radius 3 is 2.78 bits per heavy atom. The third-order valence-electron chi connectivity index (χ3n) is 3.49. The normalized spacial score (nSPS) is 11.8. The maximum atomic E-state index is 12.2. The van der Waals surface area contributed by atoms with Gasteiger partial charge in [-0.05, 0) is 32.0 Å². The van der Waals surface area contributed by atoms with E-state index in [9.17, 15) is 9.59 Å². The number of hydrogen-bond acceptors (Lipinski definition) is 4. The summed E-state index contributed by atoms with van der Waals surface area (Å²) in [6, 6.07) is 5.10. The van der Waals surface area contributed by atoms with Crippen molar-refractivity contribution in [2.24, 2.45) is 0 Å². The fraction of sp³-hybridized carbons (Fsp3) is 0.353. The zero-order valence-electron chi connectivity index (χ0n) is 13.6. The number of Topliss-reactive ketones (excluding diaryl/α,β-unsaturated/α-hetero) is 1. The number of nitrogens with one attached hydrogen (secondary N) is 1. The Labute approximate surface area is 135 Å². The highest BCUT2D eigenvalue weighted by atomic mass is 16.5. The third kappa shape index (κ3) is 4.67. The summed E-state index contributed by atoms with van der Waals surface area (Å²) in [6.07, 6.45) is 5.43. The van der Waals surface area contributed by atoms with Crippen LogP contribution in [0.2, 0.25) is 0 Å². The van der Waals surface area contributed by atoms with Gasteiger partial charge in [-0.3, -0.25) is 9.59 Å². The first-order chi connectivity index (χ1) is 11.0. The first-order valence-corrected chi connectivity index (χ1v) is 7.42. The number of aromatic nitrogens is 2. The number of rotatable bonds is 7. The Bertz CT molecular complexity index is 680. The monoisotopic (exact) mass is 315 g/mol. The van der Waals surface area contributed by atoms with Crippen LogP contribution in [0.25, 0.3) is 0 Å². The van der Waals surface area contributed by atoms with Crippen LogP contribution in [-0.2, 0) is 17.8 Å². The fourth-order valence-corrected chi connectivity index (χ4v) is 2.39. The van der Waals surface area contributed by atoms with E-state index in [0.717, 1.165) is 0 Å². The summed E-state index contributed by atoms with van der Waals surface area (Å²) in [6.45, 7) is 4.08. The molecular weight excluding hydrogens is 294 g/mol. The van der Waals surface area contributed by atoms with Crippen molar-refractivity contribution in [3.8, 4) is 5.75 Å². The zero-order valence-corrected chi connectivity index (χ0v) is 13.6. The SMILES string of the molecule is COc1ccc(C(C)=O)cc1CC(=O)NC(C)Cn1ccnc1. The summed E-state index contributed by atoms with van der Waals surface area (Å²) in [7, 11) is 1.55. The summed E-state index contributed by atoms with van der Waals surface area (Å²) >= 11 is 0. The number of hydrogen-bond donors (Lipinski definition) is 1. The van der Waals surface area contributed by atoms with Gasteiger partial charge in [0, 0.05) is 36.1 Å². The number of methoxy groups -OCH3 is 1. The molecule has 1 N–H and O–H groups in total. The Balaban J connectivity index is 2.01. The number of nitrogens with zero attached hydrogens (tertiary/aromatic N) is 2. The van der Waals surface area contributed by atoms with Crippen molar-refractivity contribution in [1.82, 2.24) is 14.9 Å². The maximum Gasteiger partial charge on any atom is 0.224 e. The Kier molecular flexibility index (Phi) is 5.51. The fourth-order valence-electron chi connectivity index (χ4n) is 2.39. The lowest BCUT2D eigenvalue weighted by atomic mass is 10.0. The number of benzene rings is 1. The molecule has 0 saturated carbocycles. The van der Waals surface area contributed by atoms with E-state index in [2.05, 4.69) is 10.3 Å². The van der Waals surface area contributed by atoms with Crippen LogP contribution in [0.4, 0.5) is 0 Å². The van der Waals surface area contributed by atoms with Gasteiger partial charge < -0.3 is 14.6 Å². The van der Waals surface area contributed by atoms with E-state index < -0.39 is 0 Å². The van der Waals surface area contributed by atoms with Crippen LogP contribution in [0.1, 0.15) is 29.8 Å². The molecule has 1 aromatic carbocycles. The topological polar surface area (TPSA) is 73.2 Å². The molecule has 1 atom stereocenters. The Morgan fingerprint density at radius 2 is 2.17 bits per heavy atom. The van der Waals surface area contributed by atoms with E-state index in [4.69, 9.17) is 4.74 Å². The van der Waals surface area contributed by atoms with Crippen molar-refractivity contribution in [1.29, 1.82) is 0 Å². The quantitative estimate of drug-likeness (QED) is 0.791. The van der Waals surface area contributed by atoms with Gasteiger partial charge in [-0.2, -0.15) is 0 Å². The molecule has 0 bridgehead atoms. The molecule has 6 heteroatoms. The molecule has 1 aromatic heterocycles. The number of carbonyl (C=O) groups is 2. The molecule has 0 spiro atoms. The minimum absolute atomic E-state index is 0.0290. The van der Waals surface area contributed by atoms with Crippen LogP contribution >= 0.6 is 0 Å². The second-order valence-electron chi connectivity index (χ2n) is 5.49. The number of ether oxygens (including phenoxy) is 1. The lowest BCUT2D eigenvalue weighted by Gasteiger charge is -2.15. The van der Waals surface area contributed by atoms with Crippen molar-refractivity contribution >= 4 is 11.7 Å². The van der Waals surface area contributed by atoms with Gasteiger partial charge >= 0.3 is 0 Å². The van der Waals surface area contributed by atoms with E-state index in [0.29, 0.717) is 23.4 Å². The second-order valence-corrected chi connectivity index (χ2v) is 5.49. The Morgan fingerprint density at radius 1 is 1.39 bits per heavy atom. The number of imidazole rings is 1. The minimum atomic E-state index is -0.114. The van der Waals surface area contributed by atoms with E-state index in [1.807, 2.05) is 17.7 Å². The van der Waals surface area contributed by atoms with E-state index in [1.165, 1.54) is 6.92 Å². The molecule has 0 fully saturated rings. The summed E-state index contributed by atoms with van der Waals surface area (Å²) in [5, 5.41) is 2.94. The van der Waals surface area contributed by atoms with Gasteiger partial charge in [0.2, 0.25) is 5.91 Å². The molecule has 0 aliphatic rings. The summed E-state index contributed by atoms with van der Waals surface area (Å²) in [5.74, 6) is 0.451. The molecule has 0 saturated heterocycles. The molecule has 6 nitrogen and oxygen atoms in total. The average molecular weight is 315 g/mol. The molecule has 1 amide bonds. The first-order valence-electron chi connectivity index (χ1n) is 7.42. The predicted octanol–water partition coefficient (Wildman–Crippen LogP) is 1.84. The van der Waals surface area contributed by atoms with Crippen molar-refractivity contribution in [3.05, 3.63) is 48.0 Å². The van der Waals surface area contributed by atoms with Crippen LogP contribution in [0.3, 0.4) is 0 Å². The van der Waals surface area contributed by atoms with E-state index in [-0.39, 0.29) is 24.2 Å². The smallest absolute Gasteiger partial charge is 0.224 e. The maximum absolute atomic E-state index is 12.2. The zero-order chi connectivity index (χ0) is 16.8. The van der Waals surface area contributed by atoms with Gasteiger partial charge in [0.1, 0.15) is 5.75 Å². The van der Waals surface area contributed by atoms with Crippen LogP contribution < -0.4 is 10.1 Å². The standard InChI is InChI=1S/C17H21N3O3/c1-12(10-20-7-6-18-11-20)19-17(22)9-15-8-14(13(2)21)4-5-16(15)23-3/h4-8,11-12H,9-10H2,1-3H3,(H,19,22). The Hall–Kier alpha value is -2.63. The largest absolute Gasteiger partial charge is 0.496 e. The molecule has 23 heavy (non-hydrogen) atoms. The molecular formula is C17H21N3O3. The second kappa shape index (κ2) is 7.58. The predicted molar refractivity (Wildman–Crippen MR) is 86.5 cm³/mol. The van der Waals surface area contributed by atoms with Gasteiger partial charge in [0.05, 0.1) is 19.9 Å². The van der Waals surface area contributed by atoms with Gasteiger partial charge in [-0.15, -0.1) is 0 Å². The highest BCUT2D eigenvalue weighted by Gasteiger charge is 2.13. The lowest BCUT2D eigenvalue weighted by Crippen LogP contribution is -2.36. The van der Waals surface area contributed by atoms with Crippen molar-refractivity contribution in [2.45, 2.75) is 32.9 Å². The summed E-state index contributed by atoms with van der Waals surface area (Å²) < 4.78 is 7.17. The van der Waals surface area contributed by atoms with Gasteiger partial charge in [-0.1, -0.05) is 0 Å². The average Bonchev–Trinajstić information content (AvgIpc) is 2.99. The molecule has 0 aliphatic carbocycles. The van der Waals surface area contributed by atoms with Crippen molar-refractivity contribution in [3.63, 3.8) is 0 Å². The summed E-state index contributed by atoms with van der Waals surface area (Å²) in [5.41, 5.74) is 1.27. The van der Waals surface area contributed by atoms with Crippen molar-refractivity contribution < 1.29 is 14.3 Å². The van der Waals surface area contributed by atoms with Crippen LogP contribution in [-0.4, -0.2) is 34.4 Å². The van der Waals surface area contributed by atoms with Crippen LogP contribution in [0.15, 0.2) is 36.9 Å². The molecule has 1 unspecified atom stereocenters. The van der Waals surface area contributed by atoms with E-state index in [1.54, 1.807) is 37.8 Å². The van der Waals surface area contributed by atoms with Crippen molar-refractivity contribution in [2.75, 3.05) is 7.11 Å². The van der Waals surface area contributed by atoms with Gasteiger partial charge in [-0.25, -0.2) is 4.98 Å². The first kappa shape index (κ1) is 16.7. The molecule has 0 radical (unpaired) electrons. The third-order valence-corrected chi connectivity index (χ3v) is 3.49. The minimum Gasteiger partial charge on any atom is -0.496 e. The highest BCUT2D eigenvalue weighted by Crippen LogP contribution is 2.21. The van der Waals surface area contributed by atoms with E-state index >= 15 is 0 Å². The molecule has 122 valence electrons. The van der Waals surface area contributed by atoms with Crippen LogP contribution in [0.5, 0.6) is 5.75 Å². The molecule has 0 aliphatic heterocycles. The summed E-state index contributed by atoms with van der Waals surface area (Å²) in [4.78, 5) is 27.7. The number of ketones is 1. The molecule has 2 rings (SSSR count). The van der Waals surface area contributed by atoms with Crippen LogP contribution in [0, 0.1) is 0 Å². The number of carbonyl (C=O) groups excluding carboxylic acids is 2. The molecule has 2 aromatic rings. The highest BCUT2D eigenvalue weighted by molar-refractivity contribution is 5.94.